The standard InChI is InChI=1S/C10H14N2O/c1-8(13)2-3-9-6-12-7-10(9)4-5-11/h2-3,6-7,12-13H,1,4-5,11H2/b3-2-. The van der Waals surface area contributed by atoms with Crippen molar-refractivity contribution >= 4 is 6.08 Å². The van der Waals surface area contributed by atoms with Crippen molar-refractivity contribution in [2.75, 3.05) is 6.54 Å². The lowest BCUT2D eigenvalue weighted by atomic mass is 10.1. The number of hydrogen-bond acceptors (Lipinski definition) is 2. The molecule has 0 saturated carbocycles. The number of aliphatic hydroxyl groups is 1. The Balaban J connectivity index is 2.75. The van der Waals surface area contributed by atoms with E-state index in [9.17, 15) is 0 Å². The van der Waals surface area contributed by atoms with Crippen molar-refractivity contribution in [3.8, 4) is 0 Å². The van der Waals surface area contributed by atoms with Crippen LogP contribution in [0.4, 0.5) is 0 Å². The average molecular weight is 178 g/mol. The number of nitrogens with one attached hydrogen (secondary N) is 1. The van der Waals surface area contributed by atoms with Crippen molar-refractivity contribution in [3.63, 3.8) is 0 Å². The van der Waals surface area contributed by atoms with Gasteiger partial charge in [0.15, 0.2) is 0 Å². The Morgan fingerprint density at radius 3 is 3.00 bits per heavy atom. The molecule has 1 aromatic heterocycles. The molecule has 0 unspecified atom stereocenters. The molecule has 1 heterocycles. The zero-order valence-corrected chi connectivity index (χ0v) is 7.46. The second kappa shape index (κ2) is 4.52. The topological polar surface area (TPSA) is 62.0 Å². The summed E-state index contributed by atoms with van der Waals surface area (Å²) in [7, 11) is 0. The fraction of sp³-hybridized carbons (Fsp3) is 0.200. The maximum absolute atomic E-state index is 8.86. The maximum Gasteiger partial charge on any atom is 0.108 e. The van der Waals surface area contributed by atoms with Crippen LogP contribution in [0.1, 0.15) is 11.1 Å². The van der Waals surface area contributed by atoms with Crippen molar-refractivity contribution in [1.29, 1.82) is 0 Å². The zero-order chi connectivity index (χ0) is 9.68. The van der Waals surface area contributed by atoms with Gasteiger partial charge in [-0.2, -0.15) is 0 Å². The number of aromatic amines is 1. The summed E-state index contributed by atoms with van der Waals surface area (Å²) in [5.41, 5.74) is 7.63. The third-order valence-electron chi connectivity index (χ3n) is 1.74. The van der Waals surface area contributed by atoms with Crippen LogP contribution in [0.25, 0.3) is 6.08 Å². The molecular weight excluding hydrogens is 164 g/mol. The molecule has 3 heteroatoms. The van der Waals surface area contributed by atoms with Gasteiger partial charge in [-0.05, 0) is 36.2 Å². The van der Waals surface area contributed by atoms with Crippen LogP contribution in [0.5, 0.6) is 0 Å². The van der Waals surface area contributed by atoms with Gasteiger partial charge in [-0.15, -0.1) is 0 Å². The molecule has 1 aromatic rings. The summed E-state index contributed by atoms with van der Waals surface area (Å²) in [5.74, 6) is 0.0555. The smallest absolute Gasteiger partial charge is 0.108 e. The molecule has 1 rings (SSSR count). The van der Waals surface area contributed by atoms with Gasteiger partial charge in [-0.1, -0.05) is 6.58 Å². The molecule has 0 spiro atoms. The highest BCUT2D eigenvalue weighted by molar-refractivity contribution is 5.54. The Labute approximate surface area is 77.6 Å². The fourth-order valence-electron chi connectivity index (χ4n) is 1.12. The molecule has 0 bridgehead atoms. The van der Waals surface area contributed by atoms with E-state index in [1.54, 1.807) is 6.08 Å². The molecule has 0 fully saturated rings. The summed E-state index contributed by atoms with van der Waals surface area (Å²) in [6.45, 7) is 3.99. The van der Waals surface area contributed by atoms with Gasteiger partial charge < -0.3 is 15.8 Å². The second-order valence-corrected chi connectivity index (χ2v) is 2.80. The molecule has 0 amide bonds. The van der Waals surface area contributed by atoms with Crippen LogP contribution in [0.15, 0.2) is 30.8 Å². The summed E-state index contributed by atoms with van der Waals surface area (Å²) in [5, 5.41) is 8.86. The van der Waals surface area contributed by atoms with Crippen LogP contribution < -0.4 is 5.73 Å². The summed E-state index contributed by atoms with van der Waals surface area (Å²) in [6, 6.07) is 0. The summed E-state index contributed by atoms with van der Waals surface area (Å²) >= 11 is 0. The average Bonchev–Trinajstić information content (AvgIpc) is 2.49. The van der Waals surface area contributed by atoms with Crippen molar-refractivity contribution in [1.82, 2.24) is 4.98 Å². The largest absolute Gasteiger partial charge is 0.509 e. The molecule has 70 valence electrons. The number of aromatic nitrogens is 1. The minimum absolute atomic E-state index is 0.0555. The molecule has 3 nitrogen and oxygen atoms in total. The lowest BCUT2D eigenvalue weighted by Gasteiger charge is -1.95. The Morgan fingerprint density at radius 2 is 2.38 bits per heavy atom. The molecule has 4 N–H and O–H groups in total. The van der Waals surface area contributed by atoms with Crippen LogP contribution in [-0.2, 0) is 6.42 Å². The van der Waals surface area contributed by atoms with E-state index >= 15 is 0 Å². The molecule has 0 radical (unpaired) electrons. The first kappa shape index (κ1) is 9.61. The van der Waals surface area contributed by atoms with E-state index in [1.165, 1.54) is 0 Å². The van der Waals surface area contributed by atoms with Gasteiger partial charge in [-0.25, -0.2) is 0 Å². The molecule has 0 aliphatic heterocycles. The van der Waals surface area contributed by atoms with Gasteiger partial charge in [-0.3, -0.25) is 0 Å². The first-order valence-corrected chi connectivity index (χ1v) is 4.15. The van der Waals surface area contributed by atoms with E-state index in [0.717, 1.165) is 17.5 Å². The molecular formula is C10H14N2O. The first-order valence-electron chi connectivity index (χ1n) is 4.15. The van der Waals surface area contributed by atoms with Crippen LogP contribution in [0.2, 0.25) is 0 Å². The van der Waals surface area contributed by atoms with Crippen LogP contribution in [-0.4, -0.2) is 16.6 Å². The van der Waals surface area contributed by atoms with Crippen LogP contribution >= 0.6 is 0 Å². The summed E-state index contributed by atoms with van der Waals surface area (Å²) < 4.78 is 0. The molecule has 0 aliphatic carbocycles. The van der Waals surface area contributed by atoms with Crippen LogP contribution in [0, 0.1) is 0 Å². The maximum atomic E-state index is 8.86. The third-order valence-corrected chi connectivity index (χ3v) is 1.74. The molecule has 0 atom stereocenters. The van der Waals surface area contributed by atoms with E-state index in [0.29, 0.717) is 6.54 Å². The van der Waals surface area contributed by atoms with Gasteiger partial charge in [0, 0.05) is 12.4 Å². The zero-order valence-electron chi connectivity index (χ0n) is 7.46. The summed E-state index contributed by atoms with van der Waals surface area (Å²) in [6.07, 6.45) is 7.98. The van der Waals surface area contributed by atoms with E-state index in [4.69, 9.17) is 10.8 Å². The highest BCUT2D eigenvalue weighted by Crippen LogP contribution is 2.10. The number of aliphatic hydroxyl groups excluding tert-OH is 1. The number of rotatable bonds is 4. The Bertz CT molecular complexity index is 312. The van der Waals surface area contributed by atoms with E-state index in [-0.39, 0.29) is 5.76 Å². The third kappa shape index (κ3) is 2.80. The number of nitrogens with two attached hydrogens (primary N) is 1. The number of H-pyrrole nitrogens is 1. The number of hydrogen-bond donors (Lipinski definition) is 3. The fourth-order valence-corrected chi connectivity index (χ4v) is 1.12. The predicted molar refractivity (Wildman–Crippen MR) is 54.4 cm³/mol. The minimum Gasteiger partial charge on any atom is -0.509 e. The van der Waals surface area contributed by atoms with Crippen LogP contribution in [0.3, 0.4) is 0 Å². The van der Waals surface area contributed by atoms with Gasteiger partial charge in [0.05, 0.1) is 0 Å². The normalized spacial score (nSPS) is 10.8. The highest BCUT2D eigenvalue weighted by Gasteiger charge is 1.98. The first-order chi connectivity index (χ1) is 6.24. The molecule has 0 aromatic carbocycles. The SMILES string of the molecule is C=C(O)/C=C\c1c[nH]cc1CCN. The molecule has 0 saturated heterocycles. The van der Waals surface area contributed by atoms with Crippen molar-refractivity contribution < 1.29 is 5.11 Å². The van der Waals surface area contributed by atoms with Crippen molar-refractivity contribution in [3.05, 3.63) is 41.9 Å². The Hall–Kier alpha value is -1.48. The van der Waals surface area contributed by atoms with Crippen molar-refractivity contribution in [2.24, 2.45) is 5.73 Å². The van der Waals surface area contributed by atoms with E-state index in [1.807, 2.05) is 18.5 Å². The predicted octanol–water partition coefficient (Wildman–Crippen LogP) is 1.60. The molecule has 13 heavy (non-hydrogen) atoms. The summed E-state index contributed by atoms with van der Waals surface area (Å²) in [4.78, 5) is 2.99. The van der Waals surface area contributed by atoms with E-state index < -0.39 is 0 Å². The van der Waals surface area contributed by atoms with Gasteiger partial charge in [0.2, 0.25) is 0 Å². The van der Waals surface area contributed by atoms with E-state index in [2.05, 4.69) is 11.6 Å². The Morgan fingerprint density at radius 1 is 1.62 bits per heavy atom. The highest BCUT2D eigenvalue weighted by atomic mass is 16.3. The quantitative estimate of drug-likeness (QED) is 0.484. The Kier molecular flexibility index (Phi) is 3.34. The number of allylic oxidation sites excluding steroid dienone is 1. The van der Waals surface area contributed by atoms with Gasteiger partial charge >= 0.3 is 0 Å². The minimum atomic E-state index is 0.0555. The lowest BCUT2D eigenvalue weighted by molar-refractivity contribution is 0.436. The monoisotopic (exact) mass is 178 g/mol. The van der Waals surface area contributed by atoms with Gasteiger partial charge in [0.25, 0.3) is 0 Å². The molecule has 0 aliphatic rings. The second-order valence-electron chi connectivity index (χ2n) is 2.80. The van der Waals surface area contributed by atoms with Gasteiger partial charge in [0.1, 0.15) is 5.76 Å². The lowest BCUT2D eigenvalue weighted by Crippen LogP contribution is -2.02. The van der Waals surface area contributed by atoms with Crippen molar-refractivity contribution in [2.45, 2.75) is 6.42 Å².